The van der Waals surface area contributed by atoms with Gasteiger partial charge in [0.05, 0.1) is 25.7 Å². The minimum atomic E-state index is 0.163. The molecule has 3 saturated heterocycles. The van der Waals surface area contributed by atoms with E-state index in [9.17, 15) is 4.79 Å². The fourth-order valence-corrected chi connectivity index (χ4v) is 4.71. The van der Waals surface area contributed by atoms with Crippen LogP contribution in [0.2, 0.25) is 0 Å². The average Bonchev–Trinajstić information content (AvgIpc) is 3.22. The predicted molar refractivity (Wildman–Crippen MR) is 104 cm³/mol. The molecule has 0 spiro atoms. The SMILES string of the molecule is CCc1noc(CN2CCC(N3CCCC(C(=O)N4CCOCC4)C3)CC2)n1. The molecule has 8 heteroatoms. The lowest BCUT2D eigenvalue weighted by molar-refractivity contribution is -0.142. The highest BCUT2D eigenvalue weighted by Gasteiger charge is 2.34. The van der Waals surface area contributed by atoms with Crippen LogP contribution in [0, 0.1) is 5.92 Å². The topological polar surface area (TPSA) is 74.9 Å². The number of carbonyl (C=O) groups excluding carboxylic acids is 1. The molecule has 0 bridgehead atoms. The number of aromatic nitrogens is 2. The van der Waals surface area contributed by atoms with Gasteiger partial charge in [-0.1, -0.05) is 12.1 Å². The van der Waals surface area contributed by atoms with Gasteiger partial charge in [-0.15, -0.1) is 0 Å². The van der Waals surface area contributed by atoms with E-state index in [-0.39, 0.29) is 5.92 Å². The lowest BCUT2D eigenvalue weighted by Crippen LogP contribution is -2.52. The molecule has 3 aliphatic rings. The molecule has 3 aliphatic heterocycles. The number of rotatable bonds is 5. The van der Waals surface area contributed by atoms with E-state index in [0.29, 0.717) is 25.2 Å². The summed E-state index contributed by atoms with van der Waals surface area (Å²) in [6.45, 7) is 9.80. The van der Waals surface area contributed by atoms with Crippen molar-refractivity contribution in [2.75, 3.05) is 52.5 Å². The van der Waals surface area contributed by atoms with Crippen molar-refractivity contribution in [3.63, 3.8) is 0 Å². The number of amides is 1. The largest absolute Gasteiger partial charge is 0.378 e. The van der Waals surface area contributed by atoms with E-state index < -0.39 is 0 Å². The normalized spacial score (nSPS) is 25.9. The molecule has 1 atom stereocenters. The standard InChI is InChI=1S/C20H33N5O3/c1-2-18-21-19(28-22-18)15-23-8-5-17(6-9-23)25-7-3-4-16(14-25)20(26)24-10-12-27-13-11-24/h16-17H,2-15H2,1H3. The molecule has 4 heterocycles. The summed E-state index contributed by atoms with van der Waals surface area (Å²) >= 11 is 0. The molecule has 1 aromatic rings. The summed E-state index contributed by atoms with van der Waals surface area (Å²) in [7, 11) is 0. The highest BCUT2D eigenvalue weighted by atomic mass is 16.5. The predicted octanol–water partition coefficient (Wildman–Crippen LogP) is 1.17. The third-order valence-electron chi connectivity index (χ3n) is 6.38. The van der Waals surface area contributed by atoms with Gasteiger partial charge in [0.1, 0.15) is 0 Å². The Bertz CT molecular complexity index is 638. The first kappa shape index (κ1) is 19.8. The van der Waals surface area contributed by atoms with E-state index in [0.717, 1.165) is 89.6 Å². The molecule has 3 fully saturated rings. The molecule has 156 valence electrons. The minimum absolute atomic E-state index is 0.163. The van der Waals surface area contributed by atoms with Gasteiger partial charge >= 0.3 is 0 Å². The quantitative estimate of drug-likeness (QED) is 0.746. The maximum absolute atomic E-state index is 12.9. The highest BCUT2D eigenvalue weighted by molar-refractivity contribution is 5.79. The van der Waals surface area contributed by atoms with Crippen LogP contribution in [0.4, 0.5) is 0 Å². The Morgan fingerprint density at radius 1 is 1.11 bits per heavy atom. The van der Waals surface area contributed by atoms with Crippen LogP contribution in [0.3, 0.4) is 0 Å². The molecule has 4 rings (SSSR count). The van der Waals surface area contributed by atoms with E-state index in [1.54, 1.807) is 0 Å². The van der Waals surface area contributed by atoms with Crippen molar-refractivity contribution < 1.29 is 14.1 Å². The summed E-state index contributed by atoms with van der Waals surface area (Å²) < 4.78 is 10.7. The summed E-state index contributed by atoms with van der Waals surface area (Å²) in [5.74, 6) is 2.02. The van der Waals surface area contributed by atoms with E-state index in [1.165, 1.54) is 0 Å². The molecule has 0 radical (unpaired) electrons. The van der Waals surface area contributed by atoms with E-state index in [4.69, 9.17) is 9.26 Å². The zero-order valence-electron chi connectivity index (χ0n) is 17.0. The molecule has 0 saturated carbocycles. The zero-order chi connectivity index (χ0) is 19.3. The third-order valence-corrected chi connectivity index (χ3v) is 6.38. The van der Waals surface area contributed by atoms with E-state index in [1.807, 2.05) is 11.8 Å². The number of hydrogen-bond donors (Lipinski definition) is 0. The van der Waals surface area contributed by atoms with Crippen molar-refractivity contribution in [3.05, 3.63) is 11.7 Å². The number of morpholine rings is 1. The smallest absolute Gasteiger partial charge is 0.240 e. The lowest BCUT2D eigenvalue weighted by Gasteiger charge is -2.42. The number of carbonyl (C=O) groups is 1. The lowest BCUT2D eigenvalue weighted by atomic mass is 9.92. The molecule has 0 aromatic carbocycles. The maximum atomic E-state index is 12.9. The molecule has 0 N–H and O–H groups in total. The number of aryl methyl sites for hydroxylation is 1. The highest BCUT2D eigenvalue weighted by Crippen LogP contribution is 2.26. The van der Waals surface area contributed by atoms with Gasteiger partial charge in [0.25, 0.3) is 0 Å². The first-order valence-electron chi connectivity index (χ1n) is 10.9. The van der Waals surface area contributed by atoms with Crippen LogP contribution in [0.25, 0.3) is 0 Å². The first-order valence-corrected chi connectivity index (χ1v) is 10.9. The average molecular weight is 392 g/mol. The Labute approximate surface area is 167 Å². The van der Waals surface area contributed by atoms with Crippen LogP contribution < -0.4 is 0 Å². The zero-order valence-corrected chi connectivity index (χ0v) is 17.0. The summed E-state index contributed by atoms with van der Waals surface area (Å²) in [4.78, 5) is 24.3. The molecule has 1 unspecified atom stereocenters. The second-order valence-electron chi connectivity index (χ2n) is 8.24. The second kappa shape index (κ2) is 9.33. The number of hydrogen-bond acceptors (Lipinski definition) is 7. The Morgan fingerprint density at radius 3 is 2.61 bits per heavy atom. The van der Waals surface area contributed by atoms with Gasteiger partial charge in [-0.05, 0) is 32.2 Å². The summed E-state index contributed by atoms with van der Waals surface area (Å²) in [5.41, 5.74) is 0. The Kier molecular flexibility index (Phi) is 6.59. The molecule has 0 aliphatic carbocycles. The van der Waals surface area contributed by atoms with Gasteiger partial charge in [0.2, 0.25) is 11.8 Å². The molecule has 8 nitrogen and oxygen atoms in total. The Balaban J connectivity index is 1.25. The van der Waals surface area contributed by atoms with E-state index in [2.05, 4.69) is 19.9 Å². The third kappa shape index (κ3) is 4.72. The van der Waals surface area contributed by atoms with Gasteiger partial charge < -0.3 is 14.2 Å². The van der Waals surface area contributed by atoms with Crippen molar-refractivity contribution in [3.8, 4) is 0 Å². The van der Waals surface area contributed by atoms with Crippen LogP contribution in [0.15, 0.2) is 4.52 Å². The molecule has 1 aromatic heterocycles. The van der Waals surface area contributed by atoms with Crippen LogP contribution in [-0.4, -0.2) is 89.3 Å². The molecule has 28 heavy (non-hydrogen) atoms. The van der Waals surface area contributed by atoms with Crippen LogP contribution in [0.5, 0.6) is 0 Å². The number of likely N-dealkylation sites (tertiary alicyclic amines) is 2. The van der Waals surface area contributed by atoms with Crippen molar-refractivity contribution in [2.24, 2.45) is 5.92 Å². The van der Waals surface area contributed by atoms with E-state index >= 15 is 0 Å². The number of piperidine rings is 2. The minimum Gasteiger partial charge on any atom is -0.378 e. The van der Waals surface area contributed by atoms with Crippen LogP contribution in [0.1, 0.15) is 44.3 Å². The van der Waals surface area contributed by atoms with Gasteiger partial charge in [0, 0.05) is 45.2 Å². The Morgan fingerprint density at radius 2 is 1.89 bits per heavy atom. The van der Waals surface area contributed by atoms with Gasteiger partial charge in [-0.3, -0.25) is 14.6 Å². The molecular weight excluding hydrogens is 358 g/mol. The summed E-state index contributed by atoms with van der Waals surface area (Å²) in [6.07, 6.45) is 5.26. The van der Waals surface area contributed by atoms with Crippen molar-refractivity contribution >= 4 is 5.91 Å². The van der Waals surface area contributed by atoms with Crippen molar-refractivity contribution in [1.29, 1.82) is 0 Å². The first-order chi connectivity index (χ1) is 13.7. The number of ether oxygens (including phenoxy) is 1. The summed E-state index contributed by atoms with van der Waals surface area (Å²) in [6, 6.07) is 0.588. The van der Waals surface area contributed by atoms with Crippen molar-refractivity contribution in [1.82, 2.24) is 24.8 Å². The monoisotopic (exact) mass is 391 g/mol. The Hall–Kier alpha value is -1.51. The molecular formula is C20H33N5O3. The molecule has 1 amide bonds. The number of nitrogens with zero attached hydrogens (tertiary/aromatic N) is 5. The fraction of sp³-hybridized carbons (Fsp3) is 0.850. The second-order valence-corrected chi connectivity index (χ2v) is 8.24. The fourth-order valence-electron chi connectivity index (χ4n) is 4.71. The summed E-state index contributed by atoms with van der Waals surface area (Å²) in [5, 5.41) is 3.99. The van der Waals surface area contributed by atoms with Gasteiger partial charge in [-0.2, -0.15) is 4.98 Å². The van der Waals surface area contributed by atoms with Crippen LogP contribution >= 0.6 is 0 Å². The van der Waals surface area contributed by atoms with Crippen LogP contribution in [-0.2, 0) is 22.5 Å². The van der Waals surface area contributed by atoms with Gasteiger partial charge in [-0.25, -0.2) is 0 Å². The maximum Gasteiger partial charge on any atom is 0.240 e. The van der Waals surface area contributed by atoms with Gasteiger partial charge in [0.15, 0.2) is 5.82 Å². The van der Waals surface area contributed by atoms with Crippen molar-refractivity contribution in [2.45, 2.75) is 51.6 Å².